The van der Waals surface area contributed by atoms with Crippen molar-refractivity contribution in [2.24, 2.45) is 11.8 Å². The summed E-state index contributed by atoms with van der Waals surface area (Å²) in [4.78, 5) is 13.0. The third-order valence-electron chi connectivity index (χ3n) is 6.20. The molecule has 7 heteroatoms. The van der Waals surface area contributed by atoms with E-state index in [1.807, 2.05) is 20.8 Å². The van der Waals surface area contributed by atoms with Gasteiger partial charge in [-0.2, -0.15) is 0 Å². The molecule has 1 aliphatic heterocycles. The minimum atomic E-state index is -0.716. The molecule has 0 aliphatic carbocycles. The number of methoxy groups -OCH3 is 1. The lowest BCUT2D eigenvalue weighted by molar-refractivity contribution is 0.0837. The number of phenols is 3. The molecule has 4 N–H and O–H groups in total. The molecule has 0 spiro atoms. The number of Topliss-reactive ketones (excluding diaryl/α,β-unsaturated/α-hetero) is 1. The number of aliphatic hydroxyl groups excluding tert-OH is 1. The van der Waals surface area contributed by atoms with Gasteiger partial charge in [-0.15, -0.1) is 0 Å². The van der Waals surface area contributed by atoms with Crippen LogP contribution in [0.15, 0.2) is 35.9 Å². The molecule has 33 heavy (non-hydrogen) atoms. The highest BCUT2D eigenvalue weighted by Gasteiger charge is 2.35. The van der Waals surface area contributed by atoms with E-state index in [1.54, 1.807) is 6.07 Å². The van der Waals surface area contributed by atoms with E-state index < -0.39 is 6.10 Å². The smallest absolute Gasteiger partial charge is 0.174 e. The van der Waals surface area contributed by atoms with E-state index in [9.17, 15) is 25.2 Å². The van der Waals surface area contributed by atoms with Crippen molar-refractivity contribution in [1.29, 1.82) is 0 Å². The maximum atomic E-state index is 13.0. The van der Waals surface area contributed by atoms with E-state index in [0.717, 1.165) is 5.57 Å². The summed E-state index contributed by atoms with van der Waals surface area (Å²) in [5, 5.41) is 40.7. The lowest BCUT2D eigenvalue weighted by Crippen LogP contribution is -2.24. The van der Waals surface area contributed by atoms with Crippen molar-refractivity contribution in [3.63, 3.8) is 0 Å². The molecule has 1 heterocycles. The number of aromatic hydroxyl groups is 3. The number of ether oxygens (including phenoxy) is 2. The summed E-state index contributed by atoms with van der Waals surface area (Å²) in [7, 11) is 1.46. The molecule has 3 rings (SSSR count). The molecular weight excluding hydrogens is 424 g/mol. The van der Waals surface area contributed by atoms with Gasteiger partial charge >= 0.3 is 0 Å². The molecule has 2 aromatic carbocycles. The van der Waals surface area contributed by atoms with Crippen molar-refractivity contribution < 1.29 is 34.7 Å². The molecule has 1 aliphatic rings. The minimum absolute atomic E-state index is 0.0184. The zero-order chi connectivity index (χ0) is 24.3. The van der Waals surface area contributed by atoms with Crippen LogP contribution in [0, 0.1) is 11.8 Å². The molecular formula is C26H32O7. The number of hydrogen-bond acceptors (Lipinski definition) is 7. The fraction of sp³-hybridized carbons (Fsp3) is 0.423. The Morgan fingerprint density at radius 1 is 1.21 bits per heavy atom. The number of fused-ring (bicyclic) bond motifs is 1. The molecule has 0 radical (unpaired) electrons. The van der Waals surface area contributed by atoms with E-state index in [1.165, 1.54) is 25.3 Å². The van der Waals surface area contributed by atoms with Crippen LogP contribution in [0.4, 0.5) is 0 Å². The molecule has 0 saturated carbocycles. The summed E-state index contributed by atoms with van der Waals surface area (Å²) < 4.78 is 11.6. The average molecular weight is 457 g/mol. The number of ketones is 1. The van der Waals surface area contributed by atoms with E-state index in [0.29, 0.717) is 29.7 Å². The number of hydrogen-bond donors (Lipinski definition) is 4. The van der Waals surface area contributed by atoms with Gasteiger partial charge in [-0.1, -0.05) is 18.6 Å². The maximum absolute atomic E-state index is 13.0. The predicted molar refractivity (Wildman–Crippen MR) is 124 cm³/mol. The Balaban J connectivity index is 2.06. The molecule has 0 aromatic heterocycles. The number of aliphatic hydroxyl groups is 1. The van der Waals surface area contributed by atoms with Crippen molar-refractivity contribution in [1.82, 2.24) is 0 Å². The number of carbonyl (C=O) groups excluding carboxylic acids is 1. The Morgan fingerprint density at radius 2 is 1.94 bits per heavy atom. The second-order valence-electron chi connectivity index (χ2n) is 8.90. The van der Waals surface area contributed by atoms with Crippen LogP contribution in [0.2, 0.25) is 0 Å². The minimum Gasteiger partial charge on any atom is -0.508 e. The fourth-order valence-corrected chi connectivity index (χ4v) is 4.18. The van der Waals surface area contributed by atoms with Gasteiger partial charge in [0.2, 0.25) is 0 Å². The quantitative estimate of drug-likeness (QED) is 0.427. The Kier molecular flexibility index (Phi) is 7.53. The standard InChI is InChI=1S/C26H32O7/c1-14(2)5-6-16(15(3)13-27)9-19-20(29)11-21(30)25-22(31)12-24(33-26(19)25)18-8-7-17(28)10-23(18)32-4/h5,7-8,10-11,15-16,24,27-30H,6,9,12-13H2,1-4H3. The Bertz CT molecular complexity index is 1050. The van der Waals surface area contributed by atoms with Gasteiger partial charge in [-0.05, 0) is 50.7 Å². The summed E-state index contributed by atoms with van der Waals surface area (Å²) in [5.74, 6) is -0.342. The van der Waals surface area contributed by atoms with E-state index in [4.69, 9.17) is 9.47 Å². The molecule has 7 nitrogen and oxygen atoms in total. The van der Waals surface area contributed by atoms with Crippen LogP contribution in [-0.4, -0.2) is 39.9 Å². The molecule has 0 fully saturated rings. The van der Waals surface area contributed by atoms with Crippen LogP contribution in [-0.2, 0) is 6.42 Å². The fourth-order valence-electron chi connectivity index (χ4n) is 4.18. The summed E-state index contributed by atoms with van der Waals surface area (Å²) in [6, 6.07) is 5.74. The zero-order valence-electron chi connectivity index (χ0n) is 19.5. The van der Waals surface area contributed by atoms with Crippen LogP contribution in [0.25, 0.3) is 0 Å². The summed E-state index contributed by atoms with van der Waals surface area (Å²) in [5.41, 5.74) is 2.20. The number of phenolic OH excluding ortho intramolecular Hbond substituents is 3. The first-order valence-electron chi connectivity index (χ1n) is 11.0. The zero-order valence-corrected chi connectivity index (χ0v) is 19.5. The van der Waals surface area contributed by atoms with Gasteiger partial charge in [0.05, 0.1) is 13.5 Å². The first-order chi connectivity index (χ1) is 15.7. The molecule has 0 bridgehead atoms. The molecule has 0 amide bonds. The monoisotopic (exact) mass is 456 g/mol. The average Bonchev–Trinajstić information content (AvgIpc) is 2.77. The largest absolute Gasteiger partial charge is 0.508 e. The van der Waals surface area contributed by atoms with Crippen molar-refractivity contribution in [3.05, 3.63) is 52.6 Å². The van der Waals surface area contributed by atoms with Gasteiger partial charge in [0.25, 0.3) is 0 Å². The lowest BCUT2D eigenvalue weighted by atomic mass is 9.83. The third kappa shape index (κ3) is 5.25. The van der Waals surface area contributed by atoms with E-state index >= 15 is 0 Å². The summed E-state index contributed by atoms with van der Waals surface area (Å²) in [6.07, 6.45) is 2.37. The highest BCUT2D eigenvalue weighted by molar-refractivity contribution is 6.03. The van der Waals surface area contributed by atoms with Crippen molar-refractivity contribution in [2.75, 3.05) is 13.7 Å². The normalized spacial score (nSPS) is 17.0. The van der Waals surface area contributed by atoms with Gasteiger partial charge in [0.1, 0.15) is 40.4 Å². The molecule has 2 aromatic rings. The second-order valence-corrected chi connectivity index (χ2v) is 8.90. The van der Waals surface area contributed by atoms with Gasteiger partial charge < -0.3 is 29.9 Å². The molecule has 0 saturated heterocycles. The number of carbonyl (C=O) groups is 1. The lowest BCUT2D eigenvalue weighted by Gasteiger charge is -2.30. The SMILES string of the molecule is COc1cc(O)ccc1C1CC(=O)c2c(O)cc(O)c(CC(CC=C(C)C)C(C)CO)c2O1. The van der Waals surface area contributed by atoms with Crippen LogP contribution >= 0.6 is 0 Å². The Labute approximate surface area is 193 Å². The van der Waals surface area contributed by atoms with Crippen molar-refractivity contribution in [3.8, 4) is 28.7 Å². The molecule has 3 atom stereocenters. The Morgan fingerprint density at radius 3 is 2.58 bits per heavy atom. The van der Waals surface area contributed by atoms with Crippen molar-refractivity contribution in [2.45, 2.75) is 46.1 Å². The third-order valence-corrected chi connectivity index (χ3v) is 6.20. The van der Waals surface area contributed by atoms with Crippen LogP contribution < -0.4 is 9.47 Å². The topological polar surface area (TPSA) is 116 Å². The van der Waals surface area contributed by atoms with Crippen LogP contribution in [0.1, 0.15) is 61.2 Å². The van der Waals surface area contributed by atoms with Gasteiger partial charge in [-0.25, -0.2) is 0 Å². The summed E-state index contributed by atoms with van der Waals surface area (Å²) >= 11 is 0. The first-order valence-corrected chi connectivity index (χ1v) is 11.0. The number of allylic oxidation sites excluding steroid dienone is 2. The van der Waals surface area contributed by atoms with Gasteiger partial charge in [0.15, 0.2) is 5.78 Å². The van der Waals surface area contributed by atoms with E-state index in [2.05, 4.69) is 6.08 Å². The Hall–Kier alpha value is -3.19. The molecule has 178 valence electrons. The summed E-state index contributed by atoms with van der Waals surface area (Å²) in [6.45, 7) is 5.91. The number of benzene rings is 2. The first kappa shape index (κ1) is 24.5. The van der Waals surface area contributed by atoms with Gasteiger partial charge in [0, 0.05) is 29.9 Å². The van der Waals surface area contributed by atoms with Crippen LogP contribution in [0.5, 0.6) is 28.7 Å². The maximum Gasteiger partial charge on any atom is 0.174 e. The van der Waals surface area contributed by atoms with E-state index in [-0.39, 0.29) is 59.2 Å². The second kappa shape index (κ2) is 10.2. The van der Waals surface area contributed by atoms with Gasteiger partial charge in [-0.3, -0.25) is 4.79 Å². The van der Waals surface area contributed by atoms with Crippen molar-refractivity contribution >= 4 is 5.78 Å². The predicted octanol–water partition coefficient (Wildman–Crippen LogP) is 4.66. The highest BCUT2D eigenvalue weighted by Crippen LogP contribution is 2.47. The molecule has 3 unspecified atom stereocenters. The van der Waals surface area contributed by atoms with Crippen LogP contribution in [0.3, 0.4) is 0 Å². The highest BCUT2D eigenvalue weighted by atomic mass is 16.5. The number of rotatable bonds is 8.